The van der Waals surface area contributed by atoms with Gasteiger partial charge in [0.05, 0.1) is 18.1 Å². The normalized spacial score (nSPS) is 40.4. The molecule has 3 fully saturated rings. The fraction of sp³-hybridized carbons (Fsp3) is 0.763. The molecular weight excluding hydrogens is 564 g/mol. The number of carbonyl (C=O) groups excluding carboxylic acids is 4. The Labute approximate surface area is 270 Å². The Hall–Kier alpha value is -2.75. The van der Waals surface area contributed by atoms with Gasteiger partial charge in [-0.3, -0.25) is 14.4 Å². The van der Waals surface area contributed by atoms with Gasteiger partial charge >= 0.3 is 5.97 Å². The summed E-state index contributed by atoms with van der Waals surface area (Å²) in [6.45, 7) is 19.2. The minimum Gasteiger partial charge on any atom is -0.467 e. The third kappa shape index (κ3) is 4.70. The van der Waals surface area contributed by atoms with Gasteiger partial charge in [-0.15, -0.1) is 0 Å². The summed E-state index contributed by atoms with van der Waals surface area (Å²) in [7, 11) is 1.36. The number of nitrogens with one attached hydrogen (secondary N) is 1. The molecule has 246 valence electrons. The van der Waals surface area contributed by atoms with E-state index in [1.807, 2.05) is 39.8 Å². The standard InChI is InChI=1S/C38H54N2O5/c1-22(2)17-25(31(43)45-10)40-32(44)38-15-13-33(3,4)20-24(38)29-26(41)18-28-35(7)19-23(21-39)30(42)34(5,6)27(35)11-12-36(28,8)37(29,9)14-16-38/h18-19,22,24-25,27,29H,11-17,20H2,1-10H3,(H,40,44)/t24-,25-,27-,29-,35-,36+,37+,38-/m0/s1. The number of allylic oxidation sites excluding steroid dienone is 4. The SMILES string of the molecule is COC(=O)[C@H](CC(C)C)NC(=O)[C@]12CCC(C)(C)C[C@H]1[C@H]1C(=O)C=C3[C@@]4(C)C=C(C#N)C(=O)C(C)(C)[C@@H]4CC[C@@]3(C)[C@]1(C)CC2. The van der Waals surface area contributed by atoms with Crippen molar-refractivity contribution >= 4 is 23.4 Å². The third-order valence-corrected chi connectivity index (χ3v) is 13.8. The Bertz CT molecular complexity index is 1430. The van der Waals surface area contributed by atoms with Crippen LogP contribution in [0, 0.1) is 67.5 Å². The molecule has 8 atom stereocenters. The Balaban J connectivity index is 1.62. The lowest BCUT2D eigenvalue weighted by molar-refractivity contribution is -0.179. The highest BCUT2D eigenvalue weighted by Crippen LogP contribution is 2.74. The fourth-order valence-electron chi connectivity index (χ4n) is 11.2. The first-order valence-electron chi connectivity index (χ1n) is 17.1. The van der Waals surface area contributed by atoms with Crippen LogP contribution in [0.5, 0.6) is 0 Å². The molecule has 0 unspecified atom stereocenters. The average Bonchev–Trinajstić information content (AvgIpc) is 2.94. The van der Waals surface area contributed by atoms with Gasteiger partial charge in [0.15, 0.2) is 11.6 Å². The number of amides is 1. The zero-order valence-electron chi connectivity index (χ0n) is 29.2. The van der Waals surface area contributed by atoms with Crippen LogP contribution in [0.25, 0.3) is 0 Å². The Morgan fingerprint density at radius 1 is 1.02 bits per heavy atom. The van der Waals surface area contributed by atoms with Crippen molar-refractivity contribution in [3.05, 3.63) is 23.3 Å². The number of ether oxygens (including phenoxy) is 1. The first-order chi connectivity index (χ1) is 20.7. The van der Waals surface area contributed by atoms with E-state index in [0.29, 0.717) is 25.7 Å². The summed E-state index contributed by atoms with van der Waals surface area (Å²) < 4.78 is 5.09. The number of methoxy groups -OCH3 is 1. The second kappa shape index (κ2) is 10.6. The molecule has 1 amide bonds. The van der Waals surface area contributed by atoms with Crippen molar-refractivity contribution in [1.82, 2.24) is 5.32 Å². The molecule has 3 saturated carbocycles. The molecule has 5 aliphatic rings. The molecule has 5 rings (SSSR count). The lowest BCUT2D eigenvalue weighted by atomic mass is 9.34. The van der Waals surface area contributed by atoms with E-state index in [1.165, 1.54) is 7.11 Å². The van der Waals surface area contributed by atoms with Crippen LogP contribution in [0.1, 0.15) is 114 Å². The Morgan fingerprint density at radius 3 is 2.27 bits per heavy atom. The molecule has 0 aromatic rings. The molecule has 0 aromatic carbocycles. The smallest absolute Gasteiger partial charge is 0.328 e. The molecule has 7 heteroatoms. The van der Waals surface area contributed by atoms with Gasteiger partial charge < -0.3 is 10.1 Å². The summed E-state index contributed by atoms with van der Waals surface area (Å²) in [6, 6.07) is 1.46. The molecule has 0 spiro atoms. The zero-order valence-corrected chi connectivity index (χ0v) is 29.2. The van der Waals surface area contributed by atoms with Crippen LogP contribution in [0.15, 0.2) is 23.3 Å². The van der Waals surface area contributed by atoms with Gasteiger partial charge in [-0.1, -0.05) is 74.0 Å². The molecule has 7 nitrogen and oxygen atoms in total. The topological polar surface area (TPSA) is 113 Å². The van der Waals surface area contributed by atoms with Crippen molar-refractivity contribution < 1.29 is 23.9 Å². The van der Waals surface area contributed by atoms with Crippen LogP contribution in [-0.2, 0) is 23.9 Å². The lowest BCUT2D eigenvalue weighted by Crippen LogP contribution is -2.67. The number of Topliss-reactive ketones (excluding diaryl/α,β-unsaturated/α-hetero) is 1. The van der Waals surface area contributed by atoms with E-state index in [0.717, 1.165) is 31.3 Å². The van der Waals surface area contributed by atoms with Gasteiger partial charge in [0, 0.05) is 16.7 Å². The van der Waals surface area contributed by atoms with Gasteiger partial charge in [-0.2, -0.15) is 5.26 Å². The Morgan fingerprint density at radius 2 is 1.67 bits per heavy atom. The summed E-state index contributed by atoms with van der Waals surface area (Å²) in [5.74, 6) is -0.913. The molecule has 5 aliphatic carbocycles. The van der Waals surface area contributed by atoms with Gasteiger partial charge in [0.25, 0.3) is 0 Å². The highest BCUT2D eigenvalue weighted by Gasteiger charge is 2.71. The number of hydrogen-bond donors (Lipinski definition) is 1. The summed E-state index contributed by atoms with van der Waals surface area (Å²) >= 11 is 0. The van der Waals surface area contributed by atoms with E-state index in [4.69, 9.17) is 4.74 Å². The maximum atomic E-state index is 14.7. The molecule has 45 heavy (non-hydrogen) atoms. The number of fused-ring (bicyclic) bond motifs is 7. The number of nitriles is 1. The number of nitrogens with zero attached hydrogens (tertiary/aromatic N) is 1. The molecule has 0 bridgehead atoms. The molecular formula is C38H54N2O5. The van der Waals surface area contributed by atoms with Crippen LogP contribution in [0.2, 0.25) is 0 Å². The van der Waals surface area contributed by atoms with Gasteiger partial charge in [0.1, 0.15) is 12.1 Å². The molecule has 1 N–H and O–H groups in total. The number of ketones is 2. The molecule has 0 radical (unpaired) electrons. The van der Waals surface area contributed by atoms with Gasteiger partial charge in [0.2, 0.25) is 5.91 Å². The van der Waals surface area contributed by atoms with E-state index >= 15 is 0 Å². The van der Waals surface area contributed by atoms with Crippen LogP contribution in [0.3, 0.4) is 0 Å². The highest BCUT2D eigenvalue weighted by atomic mass is 16.5. The van der Waals surface area contributed by atoms with E-state index in [9.17, 15) is 24.4 Å². The number of esters is 1. The minimum absolute atomic E-state index is 0.0137. The summed E-state index contributed by atoms with van der Waals surface area (Å²) in [6.07, 6.45) is 9.61. The first kappa shape index (κ1) is 33.6. The lowest BCUT2D eigenvalue weighted by Gasteiger charge is -2.69. The number of hydrogen-bond acceptors (Lipinski definition) is 6. The molecule has 0 heterocycles. The van der Waals surface area contributed by atoms with Gasteiger partial charge in [-0.25, -0.2) is 4.79 Å². The maximum Gasteiger partial charge on any atom is 0.328 e. The summed E-state index contributed by atoms with van der Waals surface area (Å²) in [5, 5.41) is 13.1. The molecule has 0 aromatic heterocycles. The van der Waals surface area contributed by atoms with E-state index < -0.39 is 33.7 Å². The predicted molar refractivity (Wildman–Crippen MR) is 172 cm³/mol. The second-order valence-electron chi connectivity index (χ2n) is 17.6. The summed E-state index contributed by atoms with van der Waals surface area (Å²) in [5.41, 5.74) is -1.58. The second-order valence-corrected chi connectivity index (χ2v) is 17.6. The molecule has 0 aliphatic heterocycles. The fourth-order valence-corrected chi connectivity index (χ4v) is 11.2. The summed E-state index contributed by atoms with van der Waals surface area (Å²) in [4.78, 5) is 55.4. The minimum atomic E-state index is -0.742. The maximum absolute atomic E-state index is 14.7. The van der Waals surface area contributed by atoms with Crippen LogP contribution in [-0.4, -0.2) is 36.6 Å². The zero-order chi connectivity index (χ0) is 33.5. The average molecular weight is 619 g/mol. The van der Waals surface area contributed by atoms with Crippen LogP contribution >= 0.6 is 0 Å². The monoisotopic (exact) mass is 618 g/mol. The van der Waals surface area contributed by atoms with Crippen molar-refractivity contribution in [2.24, 2.45) is 56.2 Å². The number of rotatable bonds is 5. The Kier molecular flexibility index (Phi) is 7.95. The molecule has 0 saturated heterocycles. The van der Waals surface area contributed by atoms with Crippen LogP contribution in [0.4, 0.5) is 0 Å². The first-order valence-corrected chi connectivity index (χ1v) is 17.1. The highest BCUT2D eigenvalue weighted by molar-refractivity contribution is 6.04. The van der Waals surface area contributed by atoms with Crippen molar-refractivity contribution in [1.29, 1.82) is 5.26 Å². The predicted octanol–water partition coefficient (Wildman–Crippen LogP) is 6.91. The quantitative estimate of drug-likeness (QED) is 0.335. The van der Waals surface area contributed by atoms with E-state index in [2.05, 4.69) is 46.0 Å². The largest absolute Gasteiger partial charge is 0.467 e. The van der Waals surface area contributed by atoms with Gasteiger partial charge in [-0.05, 0) is 91.4 Å². The van der Waals surface area contributed by atoms with Crippen LogP contribution < -0.4 is 5.32 Å². The van der Waals surface area contributed by atoms with Crippen molar-refractivity contribution in [3.63, 3.8) is 0 Å². The van der Waals surface area contributed by atoms with E-state index in [1.54, 1.807) is 0 Å². The van der Waals surface area contributed by atoms with Crippen molar-refractivity contribution in [3.8, 4) is 6.07 Å². The van der Waals surface area contributed by atoms with E-state index in [-0.39, 0.29) is 57.5 Å². The third-order valence-electron chi connectivity index (χ3n) is 13.8. The van der Waals surface area contributed by atoms with Crippen molar-refractivity contribution in [2.75, 3.05) is 7.11 Å². The number of carbonyl (C=O) groups is 4. The van der Waals surface area contributed by atoms with Crippen molar-refractivity contribution in [2.45, 2.75) is 120 Å².